The molecule has 1 saturated carbocycles. The van der Waals surface area contributed by atoms with E-state index < -0.39 is 16.9 Å². The molecule has 6 heteroatoms. The van der Waals surface area contributed by atoms with Crippen LogP contribution in [0.4, 0.5) is 5.69 Å². The van der Waals surface area contributed by atoms with Crippen LogP contribution < -0.4 is 0 Å². The van der Waals surface area contributed by atoms with Crippen molar-refractivity contribution >= 4 is 11.7 Å². The van der Waals surface area contributed by atoms with E-state index in [1.54, 1.807) is 18.2 Å². The number of ether oxygens (including phenoxy) is 1. The fraction of sp³-hybridized carbons (Fsp3) is 0.500. The molecule has 1 aliphatic carbocycles. The Morgan fingerprint density at radius 3 is 2.75 bits per heavy atom. The largest absolute Gasteiger partial charge is 0.469 e. The Morgan fingerprint density at radius 2 is 2.10 bits per heavy atom. The number of nitro benzene ring substituents is 1. The van der Waals surface area contributed by atoms with Gasteiger partial charge in [-0.1, -0.05) is 18.2 Å². The molecule has 0 aliphatic heterocycles. The number of methoxy groups -OCH3 is 1. The summed E-state index contributed by atoms with van der Waals surface area (Å²) in [4.78, 5) is 22.5. The number of aliphatic hydroxyl groups is 1. The summed E-state index contributed by atoms with van der Waals surface area (Å²) in [6.45, 7) is 0. The van der Waals surface area contributed by atoms with Crippen LogP contribution in [-0.2, 0) is 9.53 Å². The highest BCUT2D eigenvalue weighted by molar-refractivity contribution is 5.74. The van der Waals surface area contributed by atoms with Crippen molar-refractivity contribution in [3.8, 4) is 0 Å². The number of para-hydroxylation sites is 1. The molecule has 1 aromatic rings. The lowest BCUT2D eigenvalue weighted by atomic mass is 9.74. The molecule has 1 fully saturated rings. The third-order valence-electron chi connectivity index (χ3n) is 3.86. The number of rotatable bonds is 3. The number of benzene rings is 1. The van der Waals surface area contributed by atoms with Crippen LogP contribution in [0.15, 0.2) is 24.3 Å². The Labute approximate surface area is 116 Å². The van der Waals surface area contributed by atoms with Crippen LogP contribution >= 0.6 is 0 Å². The molecule has 0 saturated heterocycles. The van der Waals surface area contributed by atoms with Gasteiger partial charge in [-0.15, -0.1) is 0 Å². The fourth-order valence-corrected chi connectivity index (χ4v) is 2.89. The number of hydrogen-bond donors (Lipinski definition) is 1. The number of hydrogen-bond acceptors (Lipinski definition) is 5. The minimum Gasteiger partial charge on any atom is -0.469 e. The summed E-state index contributed by atoms with van der Waals surface area (Å²) in [5.74, 6) is -1.20. The van der Waals surface area contributed by atoms with Gasteiger partial charge in [0.25, 0.3) is 5.69 Å². The molecule has 0 aromatic heterocycles. The van der Waals surface area contributed by atoms with Crippen molar-refractivity contribution in [3.63, 3.8) is 0 Å². The van der Waals surface area contributed by atoms with Crippen molar-refractivity contribution in [3.05, 3.63) is 39.9 Å². The predicted octanol–water partition coefficient (Wildman–Crippen LogP) is 2.01. The third kappa shape index (κ3) is 2.80. The molecule has 0 heterocycles. The molecule has 3 atom stereocenters. The van der Waals surface area contributed by atoms with Gasteiger partial charge in [0, 0.05) is 17.5 Å². The number of aliphatic hydroxyl groups excluding tert-OH is 1. The van der Waals surface area contributed by atoms with Crippen molar-refractivity contribution in [2.75, 3.05) is 7.11 Å². The summed E-state index contributed by atoms with van der Waals surface area (Å²) < 4.78 is 4.79. The van der Waals surface area contributed by atoms with Gasteiger partial charge in [-0.3, -0.25) is 14.9 Å². The quantitative estimate of drug-likeness (QED) is 0.519. The van der Waals surface area contributed by atoms with Gasteiger partial charge in [0.2, 0.25) is 0 Å². The smallest absolute Gasteiger partial charge is 0.309 e. The molecular weight excluding hydrogens is 262 g/mol. The number of esters is 1. The van der Waals surface area contributed by atoms with Gasteiger partial charge in [0.05, 0.1) is 24.1 Å². The molecule has 0 unspecified atom stereocenters. The molecular formula is C14H17NO5. The average molecular weight is 279 g/mol. The van der Waals surface area contributed by atoms with E-state index in [2.05, 4.69) is 0 Å². The normalized spacial score (nSPS) is 26.0. The predicted molar refractivity (Wildman–Crippen MR) is 71.2 cm³/mol. The van der Waals surface area contributed by atoms with E-state index in [0.717, 1.165) is 0 Å². The van der Waals surface area contributed by atoms with Gasteiger partial charge < -0.3 is 9.84 Å². The topological polar surface area (TPSA) is 89.7 Å². The average Bonchev–Trinajstić information content (AvgIpc) is 2.46. The molecule has 0 radical (unpaired) electrons. The Morgan fingerprint density at radius 1 is 1.40 bits per heavy atom. The standard InChI is InChI=1S/C14H17NO5/c1-20-14(17)11-7-6-9(16)8-12(11)10-4-2-3-5-13(10)15(18)19/h2-5,9,11-12,16H,6-8H2,1H3/t9-,11+,12-/m0/s1. The van der Waals surface area contributed by atoms with E-state index in [1.807, 2.05) is 0 Å². The molecule has 0 spiro atoms. The fourth-order valence-electron chi connectivity index (χ4n) is 2.89. The van der Waals surface area contributed by atoms with Crippen LogP contribution in [0.25, 0.3) is 0 Å². The highest BCUT2D eigenvalue weighted by Gasteiger charge is 2.38. The minimum atomic E-state index is -0.541. The molecule has 1 N–H and O–H groups in total. The zero-order chi connectivity index (χ0) is 14.7. The maximum atomic E-state index is 11.9. The molecule has 1 aromatic carbocycles. The van der Waals surface area contributed by atoms with Crippen LogP contribution in [0.2, 0.25) is 0 Å². The van der Waals surface area contributed by atoms with Gasteiger partial charge in [0.15, 0.2) is 0 Å². The third-order valence-corrected chi connectivity index (χ3v) is 3.86. The summed E-state index contributed by atoms with van der Waals surface area (Å²) in [5.41, 5.74) is 0.479. The molecule has 20 heavy (non-hydrogen) atoms. The monoisotopic (exact) mass is 279 g/mol. The van der Waals surface area contributed by atoms with Gasteiger partial charge >= 0.3 is 5.97 Å². The lowest BCUT2D eigenvalue weighted by Crippen LogP contribution is -2.32. The van der Waals surface area contributed by atoms with Crippen molar-refractivity contribution < 1.29 is 19.6 Å². The van der Waals surface area contributed by atoms with Gasteiger partial charge in [-0.05, 0) is 19.3 Å². The van der Waals surface area contributed by atoms with Gasteiger partial charge in [-0.25, -0.2) is 0 Å². The van der Waals surface area contributed by atoms with E-state index in [9.17, 15) is 20.0 Å². The number of nitro groups is 1. The summed E-state index contributed by atoms with van der Waals surface area (Å²) in [6, 6.07) is 6.37. The van der Waals surface area contributed by atoms with Crippen molar-refractivity contribution in [2.24, 2.45) is 5.92 Å². The zero-order valence-corrected chi connectivity index (χ0v) is 11.2. The first kappa shape index (κ1) is 14.5. The lowest BCUT2D eigenvalue weighted by Gasteiger charge is -2.32. The molecule has 1 aliphatic rings. The summed E-state index contributed by atoms with van der Waals surface area (Å²) in [7, 11) is 1.31. The molecule has 6 nitrogen and oxygen atoms in total. The van der Waals surface area contributed by atoms with Crippen molar-refractivity contribution in [1.29, 1.82) is 0 Å². The second kappa shape index (κ2) is 6.00. The second-order valence-electron chi connectivity index (χ2n) is 5.02. The number of carbonyl (C=O) groups is 1. The maximum absolute atomic E-state index is 11.9. The Kier molecular flexibility index (Phi) is 4.34. The van der Waals surface area contributed by atoms with E-state index in [-0.39, 0.29) is 17.6 Å². The summed E-state index contributed by atoms with van der Waals surface area (Å²) >= 11 is 0. The van der Waals surface area contributed by atoms with Gasteiger partial charge in [-0.2, -0.15) is 0 Å². The van der Waals surface area contributed by atoms with Crippen molar-refractivity contribution in [1.82, 2.24) is 0 Å². The van der Waals surface area contributed by atoms with Crippen LogP contribution in [0.3, 0.4) is 0 Å². The Hall–Kier alpha value is -1.95. The maximum Gasteiger partial charge on any atom is 0.309 e. The van der Waals surface area contributed by atoms with Crippen LogP contribution in [0.5, 0.6) is 0 Å². The second-order valence-corrected chi connectivity index (χ2v) is 5.02. The Bertz CT molecular complexity index is 516. The van der Waals surface area contributed by atoms with Crippen molar-refractivity contribution in [2.45, 2.75) is 31.3 Å². The van der Waals surface area contributed by atoms with E-state index in [4.69, 9.17) is 4.74 Å². The SMILES string of the molecule is COC(=O)[C@@H]1CC[C@H](O)C[C@H]1c1ccccc1[N+](=O)[O-]. The minimum absolute atomic E-state index is 0.0134. The molecule has 2 rings (SSSR count). The molecule has 0 amide bonds. The van der Waals surface area contributed by atoms with Crippen LogP contribution in [0, 0.1) is 16.0 Å². The molecule has 108 valence electrons. The van der Waals surface area contributed by atoms with Crippen LogP contribution in [0.1, 0.15) is 30.7 Å². The summed E-state index contributed by atoms with van der Waals surface area (Å²) in [6.07, 6.45) is 0.784. The van der Waals surface area contributed by atoms with Crippen LogP contribution in [-0.4, -0.2) is 29.2 Å². The van der Waals surface area contributed by atoms with E-state index in [0.29, 0.717) is 24.8 Å². The highest BCUT2D eigenvalue weighted by Crippen LogP contribution is 2.41. The number of nitrogens with zero attached hydrogens (tertiary/aromatic N) is 1. The Balaban J connectivity index is 2.40. The highest BCUT2D eigenvalue weighted by atomic mass is 16.6. The first-order chi connectivity index (χ1) is 9.54. The lowest BCUT2D eigenvalue weighted by molar-refractivity contribution is -0.385. The van der Waals surface area contributed by atoms with E-state index in [1.165, 1.54) is 13.2 Å². The first-order valence-electron chi connectivity index (χ1n) is 6.53. The first-order valence-corrected chi connectivity index (χ1v) is 6.53. The molecule has 0 bridgehead atoms. The zero-order valence-electron chi connectivity index (χ0n) is 11.2. The number of carbonyl (C=O) groups excluding carboxylic acids is 1. The van der Waals surface area contributed by atoms with E-state index >= 15 is 0 Å². The van der Waals surface area contributed by atoms with Gasteiger partial charge in [0.1, 0.15) is 0 Å². The summed E-state index contributed by atoms with van der Waals surface area (Å²) in [5, 5.41) is 20.9.